The van der Waals surface area contributed by atoms with E-state index in [0.717, 1.165) is 6.42 Å². The molecule has 2 N–H and O–H groups in total. The largest absolute Gasteiger partial charge is 0.324 e. The highest BCUT2D eigenvalue weighted by molar-refractivity contribution is 4.91. The molecule has 0 aromatic heterocycles. The van der Waals surface area contributed by atoms with Gasteiger partial charge in [0.05, 0.1) is 0 Å². The van der Waals surface area contributed by atoms with Crippen LogP contribution >= 0.6 is 0 Å². The highest BCUT2D eigenvalue weighted by atomic mass is 14.6. The van der Waals surface area contributed by atoms with E-state index in [4.69, 9.17) is 5.73 Å². The van der Waals surface area contributed by atoms with Gasteiger partial charge in [-0.25, -0.2) is 0 Å². The molecule has 0 rings (SSSR count). The molecule has 0 aliphatic carbocycles. The lowest BCUT2D eigenvalue weighted by Crippen LogP contribution is -2.16. The Hall–Kier alpha value is -0.820. The van der Waals surface area contributed by atoms with Gasteiger partial charge in [-0.2, -0.15) is 0 Å². The maximum absolute atomic E-state index is 6.20. The van der Waals surface area contributed by atoms with Crippen LogP contribution in [0.2, 0.25) is 0 Å². The number of nitrogens with two attached hydrogens (primary N) is 1. The summed E-state index contributed by atoms with van der Waals surface area (Å²) in [5.74, 6) is 0. The zero-order valence-corrected chi connectivity index (χ0v) is 20.8. The van der Waals surface area contributed by atoms with Crippen LogP contribution in [0.25, 0.3) is 0 Å². The van der Waals surface area contributed by atoms with E-state index < -0.39 is 0 Å². The Labute approximate surface area is 190 Å². The first-order chi connectivity index (χ1) is 14.8. The second-order valence-corrected chi connectivity index (χ2v) is 9.03. The van der Waals surface area contributed by atoms with Gasteiger partial charge in [-0.3, -0.25) is 0 Å². The van der Waals surface area contributed by atoms with Gasteiger partial charge in [-0.05, 0) is 64.7 Å². The Morgan fingerprint density at radius 2 is 0.967 bits per heavy atom. The predicted molar refractivity (Wildman–Crippen MR) is 139 cm³/mol. The van der Waals surface area contributed by atoms with Gasteiger partial charge in [-0.15, -0.1) is 0 Å². The minimum absolute atomic E-state index is 0.267. The summed E-state index contributed by atoms with van der Waals surface area (Å²) in [5.41, 5.74) is 6.20. The van der Waals surface area contributed by atoms with Crippen molar-refractivity contribution in [2.24, 2.45) is 5.73 Å². The molecule has 0 radical (unpaired) electrons. The number of allylic oxidation sites excluding steroid dienone is 5. The lowest BCUT2D eigenvalue weighted by Gasteiger charge is -2.06. The van der Waals surface area contributed by atoms with Crippen LogP contribution in [-0.4, -0.2) is 6.04 Å². The predicted octanol–water partition coefficient (Wildman–Crippen LogP) is 9.82. The van der Waals surface area contributed by atoms with Crippen LogP contribution in [-0.2, 0) is 0 Å². The van der Waals surface area contributed by atoms with Crippen molar-refractivity contribution in [3.8, 4) is 0 Å². The standard InChI is InChI=1S/C29H55N/c1-3-5-7-9-11-12-13-14-15-16-17-18-19-20-22-24-26-28-29(30)27-25-23-21-10-8-6-4-2/h4,6,14-15,26,28-29H,3,5,7-13,16-25,27,30H2,1-2H3. The highest BCUT2D eigenvalue weighted by Gasteiger charge is 1.97. The van der Waals surface area contributed by atoms with E-state index in [1.165, 1.54) is 122 Å². The van der Waals surface area contributed by atoms with Crippen LogP contribution in [0.3, 0.4) is 0 Å². The van der Waals surface area contributed by atoms with Crippen molar-refractivity contribution in [3.05, 3.63) is 36.5 Å². The average molecular weight is 418 g/mol. The number of hydrogen-bond acceptors (Lipinski definition) is 1. The summed E-state index contributed by atoms with van der Waals surface area (Å²) in [6.07, 6.45) is 40.5. The Kier molecular flexibility index (Phi) is 25.5. The molecule has 1 heteroatoms. The number of hydrogen-bond donors (Lipinski definition) is 1. The van der Waals surface area contributed by atoms with Crippen LogP contribution in [0.5, 0.6) is 0 Å². The van der Waals surface area contributed by atoms with E-state index in [1.807, 2.05) is 0 Å². The van der Waals surface area contributed by atoms with Gasteiger partial charge in [0.15, 0.2) is 0 Å². The Morgan fingerprint density at radius 3 is 1.50 bits per heavy atom. The van der Waals surface area contributed by atoms with E-state index >= 15 is 0 Å². The molecule has 0 heterocycles. The maximum atomic E-state index is 6.20. The molecule has 1 atom stereocenters. The monoisotopic (exact) mass is 417 g/mol. The number of unbranched alkanes of at least 4 members (excludes halogenated alkanes) is 16. The van der Waals surface area contributed by atoms with Gasteiger partial charge < -0.3 is 5.73 Å². The lowest BCUT2D eigenvalue weighted by atomic mass is 10.0. The zero-order chi connectivity index (χ0) is 22.0. The fourth-order valence-corrected chi connectivity index (χ4v) is 3.86. The van der Waals surface area contributed by atoms with Crippen molar-refractivity contribution < 1.29 is 0 Å². The second kappa shape index (κ2) is 26.2. The summed E-state index contributed by atoms with van der Waals surface area (Å²) >= 11 is 0. The summed E-state index contributed by atoms with van der Waals surface area (Å²) in [7, 11) is 0. The molecule has 176 valence electrons. The maximum Gasteiger partial charge on any atom is 0.0223 e. The van der Waals surface area contributed by atoms with Crippen molar-refractivity contribution in [1.29, 1.82) is 0 Å². The van der Waals surface area contributed by atoms with Crippen LogP contribution in [0, 0.1) is 0 Å². The lowest BCUT2D eigenvalue weighted by molar-refractivity contribution is 0.588. The van der Waals surface area contributed by atoms with E-state index in [-0.39, 0.29) is 6.04 Å². The average Bonchev–Trinajstić information content (AvgIpc) is 2.75. The van der Waals surface area contributed by atoms with Crippen LogP contribution in [0.4, 0.5) is 0 Å². The van der Waals surface area contributed by atoms with Gasteiger partial charge in [0.25, 0.3) is 0 Å². The summed E-state index contributed by atoms with van der Waals surface area (Å²) in [6.45, 7) is 4.38. The molecule has 0 aromatic carbocycles. The molecule has 0 fully saturated rings. The molecule has 0 spiro atoms. The topological polar surface area (TPSA) is 26.0 Å². The molecule has 0 bridgehead atoms. The third kappa shape index (κ3) is 25.2. The summed E-state index contributed by atoms with van der Waals surface area (Å²) < 4.78 is 0. The van der Waals surface area contributed by atoms with Crippen molar-refractivity contribution in [2.45, 2.75) is 148 Å². The molecule has 1 nitrogen and oxygen atoms in total. The normalized spacial score (nSPS) is 13.3. The Morgan fingerprint density at radius 1 is 0.533 bits per heavy atom. The van der Waals surface area contributed by atoms with Crippen molar-refractivity contribution in [3.63, 3.8) is 0 Å². The SMILES string of the molecule is CC=CCCCCCCC(N)C=CCCCCCCCC=CCCCCCCCC. The second-order valence-electron chi connectivity index (χ2n) is 9.03. The summed E-state index contributed by atoms with van der Waals surface area (Å²) in [6, 6.07) is 0.267. The molecule has 0 saturated heterocycles. The van der Waals surface area contributed by atoms with Gasteiger partial charge in [-0.1, -0.05) is 114 Å². The molecule has 0 aromatic rings. The van der Waals surface area contributed by atoms with Gasteiger partial charge in [0.1, 0.15) is 0 Å². The van der Waals surface area contributed by atoms with Gasteiger partial charge in [0, 0.05) is 6.04 Å². The van der Waals surface area contributed by atoms with E-state index in [0.29, 0.717) is 0 Å². The highest BCUT2D eigenvalue weighted by Crippen LogP contribution is 2.11. The zero-order valence-electron chi connectivity index (χ0n) is 20.8. The van der Waals surface area contributed by atoms with Crippen molar-refractivity contribution >= 4 is 0 Å². The molecule has 30 heavy (non-hydrogen) atoms. The van der Waals surface area contributed by atoms with Crippen LogP contribution in [0.1, 0.15) is 142 Å². The van der Waals surface area contributed by atoms with Crippen LogP contribution in [0.15, 0.2) is 36.5 Å². The minimum Gasteiger partial charge on any atom is -0.324 e. The first-order valence-corrected chi connectivity index (χ1v) is 13.5. The third-order valence-electron chi connectivity index (χ3n) is 5.91. The van der Waals surface area contributed by atoms with Gasteiger partial charge in [0.2, 0.25) is 0 Å². The number of rotatable bonds is 23. The van der Waals surface area contributed by atoms with E-state index in [9.17, 15) is 0 Å². The van der Waals surface area contributed by atoms with Crippen molar-refractivity contribution in [1.82, 2.24) is 0 Å². The molecular formula is C29H55N. The molecule has 1 unspecified atom stereocenters. The summed E-state index contributed by atoms with van der Waals surface area (Å²) in [5, 5.41) is 0. The van der Waals surface area contributed by atoms with Gasteiger partial charge >= 0.3 is 0 Å². The molecule has 0 amide bonds. The third-order valence-corrected chi connectivity index (χ3v) is 5.91. The van der Waals surface area contributed by atoms with Crippen LogP contribution < -0.4 is 5.73 Å². The van der Waals surface area contributed by atoms with E-state index in [1.54, 1.807) is 0 Å². The molecule has 0 aliphatic rings. The van der Waals surface area contributed by atoms with E-state index in [2.05, 4.69) is 50.3 Å². The molecular weight excluding hydrogens is 362 g/mol. The smallest absolute Gasteiger partial charge is 0.0223 e. The molecule has 0 saturated carbocycles. The fourth-order valence-electron chi connectivity index (χ4n) is 3.86. The minimum atomic E-state index is 0.267. The van der Waals surface area contributed by atoms with Crippen molar-refractivity contribution in [2.75, 3.05) is 0 Å². The molecule has 0 aliphatic heterocycles. The Balaban J connectivity index is 3.27. The first kappa shape index (κ1) is 29.2. The quantitative estimate of drug-likeness (QED) is 0.130. The summed E-state index contributed by atoms with van der Waals surface area (Å²) in [4.78, 5) is 0. The first-order valence-electron chi connectivity index (χ1n) is 13.5. The Bertz CT molecular complexity index is 393. The fraction of sp³-hybridized carbons (Fsp3) is 0.793.